The van der Waals surface area contributed by atoms with Crippen LogP contribution in [0.4, 0.5) is 0 Å². The molecule has 146 valence electrons. The molecule has 0 aliphatic carbocycles. The monoisotopic (exact) mass is 408 g/mol. The van der Waals surface area contributed by atoms with Crippen molar-refractivity contribution in [1.29, 1.82) is 0 Å². The van der Waals surface area contributed by atoms with Gasteiger partial charge in [0.25, 0.3) is 5.91 Å². The number of amides is 1. The molecule has 0 saturated heterocycles. The zero-order valence-electron chi connectivity index (χ0n) is 16.3. The van der Waals surface area contributed by atoms with Crippen LogP contribution < -0.4 is 5.32 Å². The SMILES string of the molecule is O=C1NC(SCc2ccc3ccccc3c2)=NC1(c1ccccc1)c1ccccc1. The van der Waals surface area contributed by atoms with Crippen LogP contribution >= 0.6 is 11.8 Å². The number of rotatable bonds is 4. The van der Waals surface area contributed by atoms with Gasteiger partial charge < -0.3 is 5.32 Å². The topological polar surface area (TPSA) is 41.5 Å². The van der Waals surface area contributed by atoms with Crippen LogP contribution in [0, 0.1) is 0 Å². The van der Waals surface area contributed by atoms with E-state index in [0.29, 0.717) is 5.17 Å². The third-order valence-corrected chi connectivity index (χ3v) is 6.34. The first kappa shape index (κ1) is 18.6. The number of nitrogens with one attached hydrogen (secondary N) is 1. The van der Waals surface area contributed by atoms with Crippen LogP contribution in [0.5, 0.6) is 0 Å². The molecular weight excluding hydrogens is 388 g/mol. The smallest absolute Gasteiger partial charge is 0.263 e. The average molecular weight is 409 g/mol. The van der Waals surface area contributed by atoms with Crippen molar-refractivity contribution in [1.82, 2.24) is 5.32 Å². The van der Waals surface area contributed by atoms with Crippen LogP contribution in [0.3, 0.4) is 0 Å². The number of benzene rings is 4. The molecule has 30 heavy (non-hydrogen) atoms. The molecule has 1 N–H and O–H groups in total. The van der Waals surface area contributed by atoms with Crippen molar-refractivity contribution in [2.75, 3.05) is 0 Å². The molecule has 0 bridgehead atoms. The Kier molecular flexibility index (Phi) is 4.85. The lowest BCUT2D eigenvalue weighted by Gasteiger charge is -2.24. The summed E-state index contributed by atoms with van der Waals surface area (Å²) in [6.07, 6.45) is 0. The van der Waals surface area contributed by atoms with Crippen LogP contribution in [0.15, 0.2) is 108 Å². The van der Waals surface area contributed by atoms with Gasteiger partial charge in [0.1, 0.15) is 0 Å². The summed E-state index contributed by atoms with van der Waals surface area (Å²) in [6.45, 7) is 0. The Bertz CT molecular complexity index is 1200. The summed E-state index contributed by atoms with van der Waals surface area (Å²) in [4.78, 5) is 18.2. The first-order chi connectivity index (χ1) is 14.8. The summed E-state index contributed by atoms with van der Waals surface area (Å²) < 4.78 is 0. The van der Waals surface area contributed by atoms with Gasteiger partial charge in [0, 0.05) is 5.75 Å². The predicted molar refractivity (Wildman–Crippen MR) is 124 cm³/mol. The summed E-state index contributed by atoms with van der Waals surface area (Å²) in [5.41, 5.74) is 1.89. The van der Waals surface area contributed by atoms with E-state index in [4.69, 9.17) is 4.99 Å². The van der Waals surface area contributed by atoms with E-state index >= 15 is 0 Å². The zero-order valence-corrected chi connectivity index (χ0v) is 17.1. The molecule has 1 heterocycles. The molecule has 0 atom stereocenters. The lowest BCUT2D eigenvalue weighted by atomic mass is 9.83. The summed E-state index contributed by atoms with van der Waals surface area (Å²) in [6, 6.07) is 34.4. The van der Waals surface area contributed by atoms with Gasteiger partial charge in [-0.05, 0) is 27.5 Å². The van der Waals surface area contributed by atoms with E-state index in [1.807, 2.05) is 66.7 Å². The molecule has 0 aromatic heterocycles. The lowest BCUT2D eigenvalue weighted by molar-refractivity contribution is -0.122. The van der Waals surface area contributed by atoms with Crippen molar-refractivity contribution in [2.45, 2.75) is 11.3 Å². The fourth-order valence-corrected chi connectivity index (χ4v) is 4.73. The molecule has 5 rings (SSSR count). The molecule has 0 radical (unpaired) electrons. The van der Waals surface area contributed by atoms with Gasteiger partial charge >= 0.3 is 0 Å². The van der Waals surface area contributed by atoms with E-state index in [1.54, 1.807) is 11.8 Å². The number of nitrogens with zero attached hydrogens (tertiary/aromatic N) is 1. The minimum absolute atomic E-state index is 0.110. The molecule has 4 aromatic carbocycles. The van der Waals surface area contributed by atoms with Crippen LogP contribution in [0.1, 0.15) is 16.7 Å². The average Bonchev–Trinajstić information content (AvgIpc) is 3.16. The molecule has 0 unspecified atom stereocenters. The second-order valence-electron chi connectivity index (χ2n) is 7.28. The van der Waals surface area contributed by atoms with Gasteiger partial charge in [0.05, 0.1) is 0 Å². The Labute approximate surface area is 179 Å². The number of thioether (sulfide) groups is 1. The molecule has 3 nitrogen and oxygen atoms in total. The molecule has 4 heteroatoms. The van der Waals surface area contributed by atoms with Crippen molar-refractivity contribution in [2.24, 2.45) is 4.99 Å². The van der Waals surface area contributed by atoms with Crippen molar-refractivity contribution in [3.63, 3.8) is 0 Å². The van der Waals surface area contributed by atoms with E-state index in [-0.39, 0.29) is 5.91 Å². The maximum absolute atomic E-state index is 13.3. The normalized spacial score (nSPS) is 15.1. The highest BCUT2D eigenvalue weighted by atomic mass is 32.2. The predicted octanol–water partition coefficient (Wildman–Crippen LogP) is 5.50. The number of carbonyl (C=O) groups is 1. The van der Waals surface area contributed by atoms with Crippen molar-refractivity contribution < 1.29 is 4.79 Å². The lowest BCUT2D eigenvalue weighted by Crippen LogP contribution is -2.38. The maximum atomic E-state index is 13.3. The van der Waals surface area contributed by atoms with E-state index in [1.165, 1.54) is 16.3 Å². The highest BCUT2D eigenvalue weighted by molar-refractivity contribution is 8.13. The largest absolute Gasteiger partial charge is 0.303 e. The van der Waals surface area contributed by atoms with Crippen LogP contribution in [-0.2, 0) is 16.1 Å². The highest BCUT2D eigenvalue weighted by Gasteiger charge is 2.46. The van der Waals surface area contributed by atoms with Crippen molar-refractivity contribution in [3.05, 3.63) is 120 Å². The molecule has 1 aliphatic heterocycles. The van der Waals surface area contributed by atoms with Gasteiger partial charge in [0.15, 0.2) is 10.7 Å². The van der Waals surface area contributed by atoms with Gasteiger partial charge in [-0.3, -0.25) is 4.79 Å². The Hall–Kier alpha value is -3.37. The van der Waals surface area contributed by atoms with E-state index in [0.717, 1.165) is 16.9 Å². The number of hydrogen-bond acceptors (Lipinski definition) is 3. The minimum Gasteiger partial charge on any atom is -0.303 e. The number of aliphatic imine (C=N–C) groups is 1. The summed E-state index contributed by atoms with van der Waals surface area (Å²) in [5.74, 6) is 0.629. The third kappa shape index (κ3) is 3.29. The fraction of sp³-hybridized carbons (Fsp3) is 0.0769. The molecule has 0 saturated carbocycles. The second-order valence-corrected chi connectivity index (χ2v) is 8.25. The van der Waals surface area contributed by atoms with Gasteiger partial charge in [-0.15, -0.1) is 0 Å². The summed E-state index contributed by atoms with van der Waals surface area (Å²) >= 11 is 1.56. The standard InChI is InChI=1S/C26H20N2OS/c29-24-26(22-11-3-1-4-12-22,23-13-5-2-6-14-23)28-25(27-24)30-18-19-15-16-20-9-7-8-10-21(20)17-19/h1-17H,18H2,(H,27,28,29). The van der Waals surface area contributed by atoms with Crippen LogP contribution in [-0.4, -0.2) is 11.1 Å². The Balaban J connectivity index is 1.47. The Morgan fingerprint density at radius 1 is 0.733 bits per heavy atom. The summed E-state index contributed by atoms with van der Waals surface area (Å²) in [7, 11) is 0. The summed E-state index contributed by atoms with van der Waals surface area (Å²) in [5, 5.41) is 6.12. The fourth-order valence-electron chi connectivity index (χ4n) is 3.88. The van der Waals surface area contributed by atoms with Crippen molar-refractivity contribution >= 4 is 33.6 Å². The second kappa shape index (κ2) is 7.81. The Morgan fingerprint density at radius 3 is 2.00 bits per heavy atom. The number of amidine groups is 1. The minimum atomic E-state index is -1.05. The first-order valence-corrected chi connectivity index (χ1v) is 10.9. The van der Waals surface area contributed by atoms with Gasteiger partial charge in [-0.25, -0.2) is 4.99 Å². The number of hydrogen-bond donors (Lipinski definition) is 1. The van der Waals surface area contributed by atoms with Crippen LogP contribution in [0.2, 0.25) is 0 Å². The molecule has 1 aliphatic rings. The third-order valence-electron chi connectivity index (χ3n) is 5.39. The molecule has 0 spiro atoms. The van der Waals surface area contributed by atoms with E-state index < -0.39 is 5.54 Å². The van der Waals surface area contributed by atoms with Gasteiger partial charge in [0.2, 0.25) is 0 Å². The molecule has 0 fully saturated rings. The van der Waals surface area contributed by atoms with E-state index in [9.17, 15) is 4.79 Å². The van der Waals surface area contributed by atoms with Gasteiger partial charge in [-0.1, -0.05) is 115 Å². The molecule has 1 amide bonds. The van der Waals surface area contributed by atoms with Gasteiger partial charge in [-0.2, -0.15) is 0 Å². The Morgan fingerprint density at radius 2 is 1.33 bits per heavy atom. The zero-order chi connectivity index (χ0) is 20.4. The quantitative estimate of drug-likeness (QED) is 0.484. The molecular formula is C26H20N2OS. The number of fused-ring (bicyclic) bond motifs is 1. The highest BCUT2D eigenvalue weighted by Crippen LogP contribution is 2.38. The first-order valence-electron chi connectivity index (χ1n) is 9.88. The molecule has 4 aromatic rings. The van der Waals surface area contributed by atoms with Crippen molar-refractivity contribution in [3.8, 4) is 0 Å². The van der Waals surface area contributed by atoms with E-state index in [2.05, 4.69) is 41.7 Å². The maximum Gasteiger partial charge on any atom is 0.263 e. The van der Waals surface area contributed by atoms with Crippen LogP contribution in [0.25, 0.3) is 10.8 Å². The number of carbonyl (C=O) groups excluding carboxylic acids is 1.